The van der Waals surface area contributed by atoms with Crippen molar-refractivity contribution in [1.82, 2.24) is 0 Å². The molecule has 17 heavy (non-hydrogen) atoms. The maximum Gasteiger partial charge on any atom is 0.163 e. The highest BCUT2D eigenvalue weighted by molar-refractivity contribution is 5.96. The molecule has 2 nitrogen and oxygen atoms in total. The maximum absolute atomic E-state index is 12.9. The second kappa shape index (κ2) is 5.36. The van der Waals surface area contributed by atoms with Crippen molar-refractivity contribution >= 4 is 5.78 Å². The number of ketones is 1. The van der Waals surface area contributed by atoms with E-state index >= 15 is 0 Å². The van der Waals surface area contributed by atoms with Crippen molar-refractivity contribution in [2.45, 2.75) is 32.3 Å². The Morgan fingerprint density at radius 1 is 1.29 bits per heavy atom. The average molecular weight is 242 g/mol. The van der Waals surface area contributed by atoms with Gasteiger partial charge < -0.3 is 4.74 Å². The van der Waals surface area contributed by atoms with Crippen molar-refractivity contribution in [2.24, 2.45) is 0 Å². The topological polar surface area (TPSA) is 26.3 Å². The van der Waals surface area contributed by atoms with Crippen LogP contribution in [0.1, 0.15) is 37.0 Å². The molecule has 0 fully saturated rings. The Labute approximate surface area is 99.6 Å². The molecule has 0 saturated carbocycles. The van der Waals surface area contributed by atoms with Crippen molar-refractivity contribution in [2.75, 3.05) is 7.11 Å². The molecule has 0 aliphatic carbocycles. The van der Waals surface area contributed by atoms with E-state index in [0.29, 0.717) is 6.42 Å². The summed E-state index contributed by atoms with van der Waals surface area (Å²) in [7, 11) is 1.57. The number of methoxy groups -OCH3 is 1. The lowest BCUT2D eigenvalue weighted by Crippen LogP contribution is -2.23. The molecule has 1 aromatic rings. The standard InChI is InChI=1S/C13H16F2O2/c1-13(2,17-3)7-6-12(16)9-4-5-10(14)11(15)8-9/h4-5,8H,6-7H2,1-3H3. The van der Waals surface area contributed by atoms with Crippen LogP contribution in [0.5, 0.6) is 0 Å². The molecule has 1 rings (SSSR count). The Morgan fingerprint density at radius 3 is 2.47 bits per heavy atom. The summed E-state index contributed by atoms with van der Waals surface area (Å²) in [5.41, 5.74) is -0.204. The summed E-state index contributed by atoms with van der Waals surface area (Å²) in [6, 6.07) is 3.18. The molecule has 0 N–H and O–H groups in total. The largest absolute Gasteiger partial charge is 0.379 e. The summed E-state index contributed by atoms with van der Waals surface area (Å²) < 4.78 is 30.8. The minimum absolute atomic E-state index is 0.191. The Hall–Kier alpha value is -1.29. The first-order chi connectivity index (χ1) is 7.85. The summed E-state index contributed by atoms with van der Waals surface area (Å²) in [6.45, 7) is 3.73. The van der Waals surface area contributed by atoms with Gasteiger partial charge in [0.05, 0.1) is 5.60 Å². The maximum atomic E-state index is 12.9. The van der Waals surface area contributed by atoms with Crippen LogP contribution in [0, 0.1) is 11.6 Å². The minimum Gasteiger partial charge on any atom is -0.379 e. The predicted molar refractivity (Wildman–Crippen MR) is 61.0 cm³/mol. The van der Waals surface area contributed by atoms with Gasteiger partial charge in [0.15, 0.2) is 17.4 Å². The van der Waals surface area contributed by atoms with Gasteiger partial charge in [-0.2, -0.15) is 0 Å². The molecular weight excluding hydrogens is 226 g/mol. The third-order valence-corrected chi connectivity index (χ3v) is 2.75. The van der Waals surface area contributed by atoms with E-state index in [4.69, 9.17) is 4.74 Å². The second-order valence-electron chi connectivity index (χ2n) is 4.52. The van der Waals surface area contributed by atoms with Gasteiger partial charge in [-0.25, -0.2) is 8.78 Å². The summed E-state index contributed by atoms with van der Waals surface area (Å²) in [5.74, 6) is -2.16. The fourth-order valence-electron chi connectivity index (χ4n) is 1.33. The number of halogens is 2. The van der Waals surface area contributed by atoms with Crippen LogP contribution in [0.15, 0.2) is 18.2 Å². The lowest BCUT2D eigenvalue weighted by molar-refractivity contribution is 0.0141. The van der Waals surface area contributed by atoms with Gasteiger partial charge in [-0.3, -0.25) is 4.79 Å². The summed E-state index contributed by atoms with van der Waals surface area (Å²) in [4.78, 5) is 11.7. The molecule has 1 aromatic carbocycles. The van der Waals surface area contributed by atoms with E-state index in [1.54, 1.807) is 7.11 Å². The van der Waals surface area contributed by atoms with Gasteiger partial charge in [0.1, 0.15) is 0 Å². The third-order valence-electron chi connectivity index (χ3n) is 2.75. The molecule has 94 valence electrons. The summed E-state index contributed by atoms with van der Waals surface area (Å²) >= 11 is 0. The number of ether oxygens (including phenoxy) is 1. The molecule has 0 spiro atoms. The molecule has 0 aliphatic heterocycles. The Morgan fingerprint density at radius 2 is 1.94 bits per heavy atom. The summed E-state index contributed by atoms with van der Waals surface area (Å²) in [6.07, 6.45) is 0.771. The van der Waals surface area contributed by atoms with Crippen LogP contribution in [0.2, 0.25) is 0 Å². The predicted octanol–water partition coefficient (Wildman–Crippen LogP) is 3.35. The first-order valence-electron chi connectivity index (χ1n) is 5.39. The molecule has 0 radical (unpaired) electrons. The third kappa shape index (κ3) is 3.89. The summed E-state index contributed by atoms with van der Waals surface area (Å²) in [5, 5.41) is 0. The van der Waals surface area contributed by atoms with Gasteiger partial charge in [-0.15, -0.1) is 0 Å². The van der Waals surface area contributed by atoms with Crippen LogP contribution >= 0.6 is 0 Å². The van der Waals surface area contributed by atoms with E-state index in [1.807, 2.05) is 13.8 Å². The lowest BCUT2D eigenvalue weighted by Gasteiger charge is -2.22. The Kier molecular flexibility index (Phi) is 4.34. The first kappa shape index (κ1) is 13.8. The molecule has 0 unspecified atom stereocenters. The quantitative estimate of drug-likeness (QED) is 0.740. The van der Waals surface area contributed by atoms with Gasteiger partial charge in [-0.05, 0) is 38.5 Å². The molecule has 0 aliphatic rings. The number of benzene rings is 1. The van der Waals surface area contributed by atoms with Crippen molar-refractivity contribution in [3.8, 4) is 0 Å². The first-order valence-corrected chi connectivity index (χ1v) is 5.39. The van der Waals surface area contributed by atoms with Crippen LogP contribution in [-0.4, -0.2) is 18.5 Å². The zero-order valence-electron chi connectivity index (χ0n) is 10.2. The number of hydrogen-bond donors (Lipinski definition) is 0. The van der Waals surface area contributed by atoms with E-state index in [-0.39, 0.29) is 17.8 Å². The van der Waals surface area contributed by atoms with Crippen LogP contribution in [0.3, 0.4) is 0 Å². The van der Waals surface area contributed by atoms with Crippen molar-refractivity contribution in [3.63, 3.8) is 0 Å². The van der Waals surface area contributed by atoms with E-state index in [9.17, 15) is 13.6 Å². The molecule has 0 heterocycles. The van der Waals surface area contributed by atoms with Crippen LogP contribution in [0.4, 0.5) is 8.78 Å². The van der Waals surface area contributed by atoms with Crippen molar-refractivity contribution in [3.05, 3.63) is 35.4 Å². The molecule has 0 amide bonds. The molecule has 4 heteroatoms. The number of Topliss-reactive ketones (excluding diaryl/α,β-unsaturated/α-hetero) is 1. The molecule has 0 aromatic heterocycles. The van der Waals surface area contributed by atoms with E-state index in [2.05, 4.69) is 0 Å². The van der Waals surface area contributed by atoms with Crippen LogP contribution in [0.25, 0.3) is 0 Å². The average Bonchev–Trinajstić information content (AvgIpc) is 2.30. The van der Waals surface area contributed by atoms with Crippen LogP contribution in [-0.2, 0) is 4.74 Å². The highest BCUT2D eigenvalue weighted by atomic mass is 19.2. The molecule has 0 atom stereocenters. The van der Waals surface area contributed by atoms with E-state index < -0.39 is 17.2 Å². The van der Waals surface area contributed by atoms with Gasteiger partial charge in [0.2, 0.25) is 0 Å². The Bertz CT molecular complexity index is 414. The molecule has 0 bridgehead atoms. The zero-order valence-corrected chi connectivity index (χ0v) is 10.2. The number of hydrogen-bond acceptors (Lipinski definition) is 2. The monoisotopic (exact) mass is 242 g/mol. The van der Waals surface area contributed by atoms with Crippen molar-refractivity contribution in [1.29, 1.82) is 0 Å². The lowest BCUT2D eigenvalue weighted by atomic mass is 9.98. The normalized spacial score (nSPS) is 11.6. The van der Waals surface area contributed by atoms with Crippen LogP contribution < -0.4 is 0 Å². The number of rotatable bonds is 5. The molecular formula is C13H16F2O2. The SMILES string of the molecule is COC(C)(C)CCC(=O)c1ccc(F)c(F)c1. The zero-order chi connectivity index (χ0) is 13.1. The second-order valence-corrected chi connectivity index (χ2v) is 4.52. The van der Waals surface area contributed by atoms with Gasteiger partial charge >= 0.3 is 0 Å². The molecule has 0 saturated heterocycles. The smallest absolute Gasteiger partial charge is 0.163 e. The van der Waals surface area contributed by atoms with Crippen molar-refractivity contribution < 1.29 is 18.3 Å². The Balaban J connectivity index is 2.68. The van der Waals surface area contributed by atoms with Gasteiger partial charge in [0, 0.05) is 19.1 Å². The van der Waals surface area contributed by atoms with E-state index in [1.165, 1.54) is 6.07 Å². The fourth-order valence-corrected chi connectivity index (χ4v) is 1.33. The van der Waals surface area contributed by atoms with Gasteiger partial charge in [-0.1, -0.05) is 0 Å². The fraction of sp³-hybridized carbons (Fsp3) is 0.462. The van der Waals surface area contributed by atoms with Gasteiger partial charge in [0.25, 0.3) is 0 Å². The number of carbonyl (C=O) groups excluding carboxylic acids is 1. The highest BCUT2D eigenvalue weighted by Gasteiger charge is 2.19. The highest BCUT2D eigenvalue weighted by Crippen LogP contribution is 2.18. The minimum atomic E-state index is -0.998. The number of carbonyl (C=O) groups is 1. The van der Waals surface area contributed by atoms with E-state index in [0.717, 1.165) is 12.1 Å².